The quantitative estimate of drug-likeness (QED) is 0.789. The Labute approximate surface area is 116 Å². The van der Waals surface area contributed by atoms with E-state index in [1.54, 1.807) is 12.5 Å². The predicted octanol–water partition coefficient (Wildman–Crippen LogP) is 2.30. The van der Waals surface area contributed by atoms with Gasteiger partial charge >= 0.3 is 0 Å². The van der Waals surface area contributed by atoms with Gasteiger partial charge in [-0.1, -0.05) is 18.2 Å². The number of fused-ring (bicyclic) bond motifs is 1. The lowest BCUT2D eigenvalue weighted by atomic mass is 10.1. The third kappa shape index (κ3) is 2.23. The third-order valence-electron chi connectivity index (χ3n) is 3.17. The molecule has 0 saturated heterocycles. The highest BCUT2D eigenvalue weighted by molar-refractivity contribution is 5.80. The third-order valence-corrected chi connectivity index (χ3v) is 3.17. The SMILES string of the molecule is Cn1cnc2c(Oc3ccccc3CCO)nccc21. The van der Waals surface area contributed by atoms with Gasteiger partial charge < -0.3 is 14.4 Å². The topological polar surface area (TPSA) is 60.2 Å². The molecular weight excluding hydrogens is 254 g/mol. The molecule has 0 radical (unpaired) electrons. The summed E-state index contributed by atoms with van der Waals surface area (Å²) in [6.45, 7) is 0.0849. The van der Waals surface area contributed by atoms with E-state index in [4.69, 9.17) is 9.84 Å². The number of rotatable bonds is 4. The van der Waals surface area contributed by atoms with Gasteiger partial charge in [-0.15, -0.1) is 0 Å². The van der Waals surface area contributed by atoms with Crippen LogP contribution in [-0.4, -0.2) is 26.2 Å². The number of para-hydroxylation sites is 1. The first-order valence-corrected chi connectivity index (χ1v) is 6.42. The van der Waals surface area contributed by atoms with Crippen LogP contribution in [0.4, 0.5) is 0 Å². The number of aliphatic hydroxyl groups excluding tert-OH is 1. The highest BCUT2D eigenvalue weighted by Crippen LogP contribution is 2.28. The Morgan fingerprint density at radius 1 is 1.20 bits per heavy atom. The van der Waals surface area contributed by atoms with E-state index in [1.165, 1.54) is 0 Å². The lowest BCUT2D eigenvalue weighted by Gasteiger charge is -2.09. The molecule has 3 aromatic rings. The zero-order valence-corrected chi connectivity index (χ0v) is 11.2. The molecule has 0 amide bonds. The van der Waals surface area contributed by atoms with E-state index in [0.717, 1.165) is 16.6 Å². The first kappa shape index (κ1) is 12.6. The average molecular weight is 269 g/mol. The molecule has 1 aromatic carbocycles. The van der Waals surface area contributed by atoms with E-state index >= 15 is 0 Å². The van der Waals surface area contributed by atoms with E-state index in [9.17, 15) is 0 Å². The molecule has 5 heteroatoms. The maximum Gasteiger partial charge on any atom is 0.247 e. The molecule has 0 fully saturated rings. The molecule has 1 N–H and O–H groups in total. The van der Waals surface area contributed by atoms with Gasteiger partial charge in [-0.25, -0.2) is 9.97 Å². The molecule has 5 nitrogen and oxygen atoms in total. The van der Waals surface area contributed by atoms with Crippen molar-refractivity contribution in [3.8, 4) is 11.6 Å². The highest BCUT2D eigenvalue weighted by atomic mass is 16.5. The van der Waals surface area contributed by atoms with Crippen LogP contribution < -0.4 is 4.74 Å². The van der Waals surface area contributed by atoms with Gasteiger partial charge in [0, 0.05) is 19.9 Å². The van der Waals surface area contributed by atoms with Gasteiger partial charge in [0.1, 0.15) is 5.75 Å². The Kier molecular flexibility index (Phi) is 3.35. The number of nitrogens with zero attached hydrogens (tertiary/aromatic N) is 3. The molecule has 0 spiro atoms. The molecule has 0 saturated carbocycles. The second-order valence-corrected chi connectivity index (χ2v) is 4.52. The second kappa shape index (κ2) is 5.30. The minimum Gasteiger partial charge on any atom is -0.437 e. The van der Waals surface area contributed by atoms with Gasteiger partial charge in [0.05, 0.1) is 11.8 Å². The fourth-order valence-corrected chi connectivity index (χ4v) is 2.15. The number of aryl methyl sites for hydroxylation is 1. The second-order valence-electron chi connectivity index (χ2n) is 4.52. The van der Waals surface area contributed by atoms with Crippen LogP contribution >= 0.6 is 0 Å². The lowest BCUT2D eigenvalue weighted by molar-refractivity contribution is 0.297. The van der Waals surface area contributed by atoms with Crippen molar-refractivity contribution in [1.82, 2.24) is 14.5 Å². The summed E-state index contributed by atoms with van der Waals surface area (Å²) in [6, 6.07) is 9.52. The average Bonchev–Trinajstić information content (AvgIpc) is 2.84. The first-order valence-electron chi connectivity index (χ1n) is 6.42. The summed E-state index contributed by atoms with van der Waals surface area (Å²) in [5.41, 5.74) is 2.65. The van der Waals surface area contributed by atoms with Crippen LogP contribution in [0, 0.1) is 0 Å². The van der Waals surface area contributed by atoms with E-state index < -0.39 is 0 Å². The smallest absolute Gasteiger partial charge is 0.247 e. The summed E-state index contributed by atoms with van der Waals surface area (Å²) in [4.78, 5) is 8.57. The minimum absolute atomic E-state index is 0.0849. The Morgan fingerprint density at radius 3 is 2.90 bits per heavy atom. The van der Waals surface area contributed by atoms with Gasteiger partial charge in [0.25, 0.3) is 0 Å². The van der Waals surface area contributed by atoms with Crippen LogP contribution in [0.1, 0.15) is 5.56 Å². The Morgan fingerprint density at radius 2 is 2.05 bits per heavy atom. The maximum absolute atomic E-state index is 9.10. The summed E-state index contributed by atoms with van der Waals surface area (Å²) < 4.78 is 7.81. The van der Waals surface area contributed by atoms with Crippen LogP contribution in [0.2, 0.25) is 0 Å². The summed E-state index contributed by atoms with van der Waals surface area (Å²) in [6.07, 6.45) is 3.99. The van der Waals surface area contributed by atoms with Gasteiger partial charge in [0.2, 0.25) is 5.88 Å². The van der Waals surface area contributed by atoms with Crippen molar-refractivity contribution >= 4 is 11.0 Å². The largest absolute Gasteiger partial charge is 0.437 e. The number of aliphatic hydroxyl groups is 1. The fourth-order valence-electron chi connectivity index (χ4n) is 2.15. The normalized spacial score (nSPS) is 10.9. The van der Waals surface area contributed by atoms with Crippen LogP contribution in [0.3, 0.4) is 0 Å². The number of ether oxygens (including phenoxy) is 1. The van der Waals surface area contributed by atoms with E-state index in [1.807, 2.05) is 41.9 Å². The summed E-state index contributed by atoms with van der Waals surface area (Å²) in [5, 5.41) is 9.10. The number of hydrogen-bond donors (Lipinski definition) is 1. The fraction of sp³-hybridized carbons (Fsp3) is 0.200. The molecule has 3 rings (SSSR count). The summed E-state index contributed by atoms with van der Waals surface area (Å²) in [5.74, 6) is 1.18. The molecule has 102 valence electrons. The van der Waals surface area contributed by atoms with Crippen LogP contribution in [-0.2, 0) is 13.5 Å². The van der Waals surface area contributed by atoms with Gasteiger partial charge in [-0.05, 0) is 24.1 Å². The molecule has 2 aromatic heterocycles. The van der Waals surface area contributed by atoms with E-state index in [-0.39, 0.29) is 6.61 Å². The van der Waals surface area contributed by atoms with Crippen molar-refractivity contribution in [1.29, 1.82) is 0 Å². The standard InChI is InChI=1S/C15H15N3O2/c1-18-10-17-14-12(18)6-8-16-15(14)20-13-5-3-2-4-11(13)7-9-19/h2-6,8,10,19H,7,9H2,1H3. The lowest BCUT2D eigenvalue weighted by Crippen LogP contribution is -1.96. The van der Waals surface area contributed by atoms with Crippen molar-refractivity contribution in [3.63, 3.8) is 0 Å². The van der Waals surface area contributed by atoms with Crippen LogP contribution in [0.25, 0.3) is 11.0 Å². The van der Waals surface area contributed by atoms with Crippen molar-refractivity contribution in [2.24, 2.45) is 7.05 Å². The van der Waals surface area contributed by atoms with Gasteiger partial charge in [0.15, 0.2) is 5.52 Å². The van der Waals surface area contributed by atoms with E-state index in [0.29, 0.717) is 18.1 Å². The maximum atomic E-state index is 9.10. The van der Waals surface area contributed by atoms with Crippen LogP contribution in [0.5, 0.6) is 11.6 Å². The first-order chi connectivity index (χ1) is 9.79. The van der Waals surface area contributed by atoms with Gasteiger partial charge in [-0.2, -0.15) is 0 Å². The number of pyridine rings is 1. The molecule has 0 aliphatic rings. The molecule has 0 aliphatic heterocycles. The molecule has 0 atom stereocenters. The molecular formula is C15H15N3O2. The van der Waals surface area contributed by atoms with Crippen molar-refractivity contribution < 1.29 is 9.84 Å². The Bertz CT molecular complexity index is 737. The number of hydrogen-bond acceptors (Lipinski definition) is 4. The van der Waals surface area contributed by atoms with E-state index in [2.05, 4.69) is 9.97 Å². The minimum atomic E-state index is 0.0849. The summed E-state index contributed by atoms with van der Waals surface area (Å²) in [7, 11) is 1.93. The predicted molar refractivity (Wildman–Crippen MR) is 75.8 cm³/mol. The zero-order valence-electron chi connectivity index (χ0n) is 11.2. The van der Waals surface area contributed by atoms with Crippen LogP contribution in [0.15, 0.2) is 42.9 Å². The van der Waals surface area contributed by atoms with Crippen molar-refractivity contribution in [3.05, 3.63) is 48.4 Å². The monoisotopic (exact) mass is 269 g/mol. The van der Waals surface area contributed by atoms with Crippen molar-refractivity contribution in [2.45, 2.75) is 6.42 Å². The summed E-state index contributed by atoms with van der Waals surface area (Å²) >= 11 is 0. The zero-order chi connectivity index (χ0) is 13.9. The number of benzene rings is 1. The number of imidazole rings is 1. The van der Waals surface area contributed by atoms with Gasteiger partial charge in [-0.3, -0.25) is 0 Å². The highest BCUT2D eigenvalue weighted by Gasteiger charge is 2.11. The molecule has 2 heterocycles. The Balaban J connectivity index is 2.01. The van der Waals surface area contributed by atoms with Crippen molar-refractivity contribution in [2.75, 3.05) is 6.61 Å². The Hall–Kier alpha value is -2.40. The molecule has 0 aliphatic carbocycles. The molecule has 20 heavy (non-hydrogen) atoms. The molecule has 0 bridgehead atoms. The number of aromatic nitrogens is 3. The molecule has 0 unspecified atom stereocenters.